The monoisotopic (exact) mass is 293 g/mol. The molecule has 0 bridgehead atoms. The summed E-state index contributed by atoms with van der Waals surface area (Å²) in [6.45, 7) is 1.34. The third-order valence-electron chi connectivity index (χ3n) is 3.31. The van der Waals surface area contributed by atoms with Crippen molar-refractivity contribution in [1.82, 2.24) is 14.9 Å². The largest absolute Gasteiger partial charge is 0.449 e. The van der Waals surface area contributed by atoms with E-state index in [1.807, 2.05) is 0 Å². The molecular formula is C12H18F3N3O2. The van der Waals surface area contributed by atoms with Crippen LogP contribution in [0.1, 0.15) is 17.2 Å². The van der Waals surface area contributed by atoms with Crippen LogP contribution in [0.15, 0.2) is 0 Å². The number of rotatable bonds is 5. The second-order valence-corrected chi connectivity index (χ2v) is 4.68. The second-order valence-electron chi connectivity index (χ2n) is 4.68. The zero-order valence-corrected chi connectivity index (χ0v) is 11.5. The van der Waals surface area contributed by atoms with Gasteiger partial charge in [0, 0.05) is 39.4 Å². The average Bonchev–Trinajstić information content (AvgIpc) is 2.77. The number of aromatic nitrogens is 2. The number of nitrogens with zero attached hydrogens (tertiary/aromatic N) is 2. The zero-order valence-electron chi connectivity index (χ0n) is 11.5. The maximum absolute atomic E-state index is 13.1. The third-order valence-corrected chi connectivity index (χ3v) is 3.31. The summed E-state index contributed by atoms with van der Waals surface area (Å²) in [6.07, 6.45) is -4.38. The minimum absolute atomic E-state index is 0.0848. The van der Waals surface area contributed by atoms with Crippen LogP contribution in [0.25, 0.3) is 0 Å². The zero-order chi connectivity index (χ0) is 14.8. The van der Waals surface area contributed by atoms with E-state index >= 15 is 0 Å². The van der Waals surface area contributed by atoms with Crippen molar-refractivity contribution in [1.29, 1.82) is 0 Å². The van der Waals surface area contributed by atoms with Gasteiger partial charge in [-0.15, -0.1) is 0 Å². The van der Waals surface area contributed by atoms with Crippen LogP contribution in [0.4, 0.5) is 13.2 Å². The normalized spacial score (nSPS) is 17.1. The number of methoxy groups -OCH3 is 2. The fourth-order valence-electron chi connectivity index (χ4n) is 2.37. The number of nitrogens with one attached hydrogen (secondary N) is 1. The maximum Gasteiger partial charge on any atom is 0.449 e. The summed E-state index contributed by atoms with van der Waals surface area (Å²) in [7, 11) is 2.95. The molecule has 0 fully saturated rings. The van der Waals surface area contributed by atoms with Crippen LogP contribution < -0.4 is 5.32 Å². The summed E-state index contributed by atoms with van der Waals surface area (Å²) < 4.78 is 50.7. The number of hydrogen-bond donors (Lipinski definition) is 1. The lowest BCUT2D eigenvalue weighted by Gasteiger charge is -2.21. The first kappa shape index (κ1) is 15.3. The Balaban J connectivity index is 2.35. The van der Waals surface area contributed by atoms with E-state index in [2.05, 4.69) is 10.3 Å². The number of halogens is 3. The van der Waals surface area contributed by atoms with E-state index in [4.69, 9.17) is 9.47 Å². The van der Waals surface area contributed by atoms with E-state index in [0.29, 0.717) is 30.9 Å². The van der Waals surface area contributed by atoms with Crippen LogP contribution in [0.3, 0.4) is 0 Å². The van der Waals surface area contributed by atoms with Crippen molar-refractivity contribution in [2.45, 2.75) is 31.8 Å². The first-order valence-corrected chi connectivity index (χ1v) is 6.35. The molecule has 0 aliphatic carbocycles. The van der Waals surface area contributed by atoms with Crippen molar-refractivity contribution >= 4 is 0 Å². The smallest absolute Gasteiger partial charge is 0.382 e. The Labute approximate surface area is 115 Å². The van der Waals surface area contributed by atoms with Gasteiger partial charge in [-0.3, -0.25) is 0 Å². The Morgan fingerprint density at radius 2 is 2.15 bits per heavy atom. The van der Waals surface area contributed by atoms with Gasteiger partial charge in [0.15, 0.2) is 0 Å². The lowest BCUT2D eigenvalue weighted by atomic mass is 10.2. The molecule has 2 rings (SSSR count). The minimum Gasteiger partial charge on any atom is -0.382 e. The molecule has 0 saturated heterocycles. The van der Waals surface area contributed by atoms with Gasteiger partial charge in [0.2, 0.25) is 5.82 Å². The van der Waals surface area contributed by atoms with E-state index in [-0.39, 0.29) is 13.2 Å². The van der Waals surface area contributed by atoms with Crippen molar-refractivity contribution in [2.75, 3.05) is 27.4 Å². The molecule has 2 heterocycles. The maximum atomic E-state index is 13.1. The quantitative estimate of drug-likeness (QED) is 0.886. The highest BCUT2D eigenvalue weighted by Gasteiger charge is 2.39. The van der Waals surface area contributed by atoms with Gasteiger partial charge in [-0.1, -0.05) is 0 Å². The van der Waals surface area contributed by atoms with E-state index < -0.39 is 18.1 Å². The van der Waals surface area contributed by atoms with Gasteiger partial charge < -0.3 is 19.4 Å². The molecule has 8 heteroatoms. The average molecular weight is 293 g/mol. The van der Waals surface area contributed by atoms with E-state index in [1.165, 1.54) is 18.8 Å². The molecule has 1 atom stereocenters. The first-order chi connectivity index (χ1) is 9.47. The van der Waals surface area contributed by atoms with Crippen LogP contribution in [-0.2, 0) is 35.2 Å². The van der Waals surface area contributed by atoms with Crippen molar-refractivity contribution in [3.05, 3.63) is 17.2 Å². The van der Waals surface area contributed by atoms with Crippen LogP contribution in [0, 0.1) is 0 Å². The Morgan fingerprint density at radius 1 is 1.40 bits per heavy atom. The standard InChI is InChI=1S/C12H18F3N3O2/c1-19-7-8(20-2)6-18-10-3-4-16-5-9(10)17-11(18)12(13,14)15/h8,16H,3-7H2,1-2H3. The van der Waals surface area contributed by atoms with Gasteiger partial charge in [0.25, 0.3) is 0 Å². The van der Waals surface area contributed by atoms with E-state index in [1.54, 1.807) is 0 Å². The third kappa shape index (κ3) is 3.13. The van der Waals surface area contributed by atoms with Crippen molar-refractivity contribution < 1.29 is 22.6 Å². The predicted octanol–water partition coefficient (Wildman–Crippen LogP) is 1.21. The Bertz CT molecular complexity index is 460. The van der Waals surface area contributed by atoms with Gasteiger partial charge in [0.1, 0.15) is 0 Å². The van der Waals surface area contributed by atoms with Crippen LogP contribution in [-0.4, -0.2) is 43.0 Å². The summed E-state index contributed by atoms with van der Waals surface area (Å²) >= 11 is 0. The number of ether oxygens (including phenoxy) is 2. The molecule has 1 aliphatic rings. The van der Waals surface area contributed by atoms with Gasteiger partial charge >= 0.3 is 6.18 Å². The number of imidazole rings is 1. The molecule has 0 aromatic carbocycles. The Hall–Kier alpha value is -1.12. The summed E-state index contributed by atoms with van der Waals surface area (Å²) in [6, 6.07) is 0. The van der Waals surface area contributed by atoms with Crippen LogP contribution >= 0.6 is 0 Å². The summed E-state index contributed by atoms with van der Waals surface area (Å²) in [5.41, 5.74) is 1.10. The molecule has 0 radical (unpaired) electrons. The fraction of sp³-hybridized carbons (Fsp3) is 0.750. The molecule has 1 aromatic heterocycles. The first-order valence-electron chi connectivity index (χ1n) is 6.35. The molecule has 0 saturated carbocycles. The molecule has 0 amide bonds. The SMILES string of the molecule is COCC(Cn1c(C(F)(F)F)nc2c1CCNC2)OC. The van der Waals surface area contributed by atoms with E-state index in [0.717, 1.165) is 0 Å². The van der Waals surface area contributed by atoms with Gasteiger partial charge in [0.05, 0.1) is 24.9 Å². The molecule has 1 aliphatic heterocycles. The lowest BCUT2D eigenvalue weighted by molar-refractivity contribution is -0.148. The summed E-state index contributed by atoms with van der Waals surface area (Å²) in [4.78, 5) is 3.75. The summed E-state index contributed by atoms with van der Waals surface area (Å²) in [5, 5.41) is 3.03. The molecule has 0 spiro atoms. The highest BCUT2D eigenvalue weighted by atomic mass is 19.4. The Kier molecular flexibility index (Phi) is 4.66. The molecular weight excluding hydrogens is 275 g/mol. The van der Waals surface area contributed by atoms with Gasteiger partial charge in [-0.2, -0.15) is 13.2 Å². The van der Waals surface area contributed by atoms with E-state index in [9.17, 15) is 13.2 Å². The molecule has 1 unspecified atom stereocenters. The number of alkyl halides is 3. The minimum atomic E-state index is -4.47. The second kappa shape index (κ2) is 6.11. The topological polar surface area (TPSA) is 48.3 Å². The van der Waals surface area contributed by atoms with Crippen molar-refractivity contribution in [2.24, 2.45) is 0 Å². The van der Waals surface area contributed by atoms with Crippen LogP contribution in [0.5, 0.6) is 0 Å². The molecule has 20 heavy (non-hydrogen) atoms. The van der Waals surface area contributed by atoms with Crippen molar-refractivity contribution in [3.8, 4) is 0 Å². The number of fused-ring (bicyclic) bond motifs is 1. The molecule has 5 nitrogen and oxygen atoms in total. The highest BCUT2D eigenvalue weighted by Crippen LogP contribution is 2.31. The molecule has 1 aromatic rings. The summed E-state index contributed by atoms with van der Waals surface area (Å²) in [5.74, 6) is -0.857. The van der Waals surface area contributed by atoms with Crippen molar-refractivity contribution in [3.63, 3.8) is 0 Å². The van der Waals surface area contributed by atoms with Gasteiger partial charge in [-0.25, -0.2) is 4.98 Å². The Morgan fingerprint density at radius 3 is 2.75 bits per heavy atom. The highest BCUT2D eigenvalue weighted by molar-refractivity contribution is 5.21. The van der Waals surface area contributed by atoms with Gasteiger partial charge in [-0.05, 0) is 0 Å². The lowest BCUT2D eigenvalue weighted by Crippen LogP contribution is -2.30. The number of hydrogen-bond acceptors (Lipinski definition) is 4. The predicted molar refractivity (Wildman–Crippen MR) is 65.3 cm³/mol. The fourth-order valence-corrected chi connectivity index (χ4v) is 2.37. The molecule has 1 N–H and O–H groups in total. The molecule has 114 valence electrons. The van der Waals surface area contributed by atoms with Crippen LogP contribution in [0.2, 0.25) is 0 Å².